The minimum atomic E-state index is -1.67. The van der Waals surface area contributed by atoms with Crippen LogP contribution in [0.15, 0.2) is 0 Å². The number of carbonyl (C=O) groups is 1. The minimum Gasteiger partial charge on any atom is -0.396 e. The van der Waals surface area contributed by atoms with Gasteiger partial charge in [0.15, 0.2) is 12.6 Å². The Hall–Kier alpha value is -0.810. The molecule has 0 aromatic carbocycles. The summed E-state index contributed by atoms with van der Waals surface area (Å²) in [6.45, 7) is 9.60. The zero-order valence-electron chi connectivity index (χ0n) is 31.6. The van der Waals surface area contributed by atoms with Crippen LogP contribution < -0.4 is 0 Å². The Labute approximate surface area is 308 Å². The lowest BCUT2D eigenvalue weighted by atomic mass is 9.44. The maximum atomic E-state index is 13.8. The van der Waals surface area contributed by atoms with Gasteiger partial charge in [0.25, 0.3) is 0 Å². The first-order valence-corrected chi connectivity index (χ1v) is 20.0. The molecule has 0 aromatic rings. The van der Waals surface area contributed by atoms with Crippen LogP contribution in [0.4, 0.5) is 0 Å². The first-order chi connectivity index (χ1) is 24.5. The fourth-order valence-corrected chi connectivity index (χ4v) is 11.9. The van der Waals surface area contributed by atoms with E-state index in [9.17, 15) is 45.6 Å². The van der Waals surface area contributed by atoms with Gasteiger partial charge in [0.05, 0.1) is 24.9 Å². The van der Waals surface area contributed by atoms with Crippen molar-refractivity contribution < 1.29 is 64.6 Å². The Morgan fingerprint density at radius 1 is 0.808 bits per heavy atom. The van der Waals surface area contributed by atoms with Crippen LogP contribution in [0.2, 0.25) is 0 Å². The smallest absolute Gasteiger partial charge is 0.187 e. The molecule has 4 saturated carbocycles. The van der Waals surface area contributed by atoms with E-state index in [0.29, 0.717) is 31.1 Å². The predicted molar refractivity (Wildman–Crippen MR) is 186 cm³/mol. The van der Waals surface area contributed by atoms with Crippen LogP contribution in [0.3, 0.4) is 0 Å². The first-order valence-electron chi connectivity index (χ1n) is 20.0. The number of carbonyl (C=O) groups excluding carboxylic acids is 1. The molecule has 0 bridgehead atoms. The highest BCUT2D eigenvalue weighted by atomic mass is 16.8. The summed E-state index contributed by atoms with van der Waals surface area (Å²) in [6.07, 6.45) is -6.81. The standard InChI is InChI=1S/C39H66O13/c1-18(16-40)6-9-26(43)19(2)25-15-27(29-23-8-7-21-14-22(42)10-12-38(21,4)24(23)11-13-39(25,29)5)50-37-35(33(47)31(45)28(17-41)51-37)52-36-34(48)32(46)30(44)20(3)49-36/h18-25,27-37,40-42,44-48H,6-17H2,1-5H3/t18-,19+,20+,21+,22+,23-,24+,25?,27-,28-,29-,30+,31-,32-,33+,34-,35-,36+,37-,38+,39-/m1/s1. The number of aliphatic hydroxyl groups excluding tert-OH is 8. The zero-order chi connectivity index (χ0) is 37.9. The van der Waals surface area contributed by atoms with E-state index in [4.69, 9.17) is 18.9 Å². The number of hydrogen-bond acceptors (Lipinski definition) is 13. The van der Waals surface area contributed by atoms with E-state index in [1.54, 1.807) is 0 Å². The summed E-state index contributed by atoms with van der Waals surface area (Å²) in [5.74, 6) is 1.03. The summed E-state index contributed by atoms with van der Waals surface area (Å²) in [5.41, 5.74) is -0.196. The molecule has 52 heavy (non-hydrogen) atoms. The van der Waals surface area contributed by atoms with E-state index in [2.05, 4.69) is 13.8 Å². The lowest BCUT2D eigenvalue weighted by Gasteiger charge is -2.61. The largest absolute Gasteiger partial charge is 0.396 e. The van der Waals surface area contributed by atoms with Crippen molar-refractivity contribution in [2.45, 2.75) is 172 Å². The molecule has 2 heterocycles. The zero-order valence-corrected chi connectivity index (χ0v) is 31.6. The Bertz CT molecular complexity index is 1220. The molecule has 2 saturated heterocycles. The van der Waals surface area contributed by atoms with Crippen LogP contribution in [-0.2, 0) is 23.7 Å². The van der Waals surface area contributed by atoms with Gasteiger partial charge in [-0.15, -0.1) is 0 Å². The maximum Gasteiger partial charge on any atom is 0.187 e. The van der Waals surface area contributed by atoms with Gasteiger partial charge in [-0.25, -0.2) is 0 Å². The van der Waals surface area contributed by atoms with Crippen LogP contribution >= 0.6 is 0 Å². The van der Waals surface area contributed by atoms with Crippen LogP contribution in [0.25, 0.3) is 0 Å². The van der Waals surface area contributed by atoms with Gasteiger partial charge in [0.2, 0.25) is 0 Å². The van der Waals surface area contributed by atoms with E-state index in [0.717, 1.165) is 44.9 Å². The number of rotatable bonds is 11. The van der Waals surface area contributed by atoms with Gasteiger partial charge in [-0.05, 0) is 111 Å². The van der Waals surface area contributed by atoms with E-state index in [1.807, 2.05) is 13.8 Å². The van der Waals surface area contributed by atoms with Crippen molar-refractivity contribution >= 4 is 5.78 Å². The molecular weight excluding hydrogens is 676 g/mol. The molecule has 4 aliphatic carbocycles. The summed E-state index contributed by atoms with van der Waals surface area (Å²) in [7, 11) is 0. The average molecular weight is 743 g/mol. The molecule has 13 heteroatoms. The second-order valence-corrected chi connectivity index (χ2v) is 18.1. The fourth-order valence-electron chi connectivity index (χ4n) is 11.9. The number of hydrogen-bond donors (Lipinski definition) is 8. The number of ether oxygens (including phenoxy) is 4. The number of fused-ring (bicyclic) bond motifs is 5. The molecule has 6 fully saturated rings. The molecule has 2 aliphatic heterocycles. The highest BCUT2D eigenvalue weighted by molar-refractivity contribution is 5.81. The van der Waals surface area contributed by atoms with E-state index in [-0.39, 0.29) is 58.9 Å². The highest BCUT2D eigenvalue weighted by Crippen LogP contribution is 2.69. The van der Waals surface area contributed by atoms with E-state index < -0.39 is 74.1 Å². The molecule has 300 valence electrons. The third-order valence-electron chi connectivity index (χ3n) is 15.2. The van der Waals surface area contributed by atoms with Crippen LogP contribution in [-0.4, -0.2) is 133 Å². The summed E-state index contributed by atoms with van der Waals surface area (Å²) in [6, 6.07) is 0. The van der Waals surface area contributed by atoms with Crippen LogP contribution in [0, 0.1) is 52.3 Å². The molecule has 6 rings (SSSR count). The number of ketones is 1. The molecule has 13 nitrogen and oxygen atoms in total. The topological polar surface area (TPSA) is 216 Å². The molecule has 6 aliphatic rings. The Kier molecular flexibility index (Phi) is 12.5. The Balaban J connectivity index is 1.32. The molecular formula is C39H66O13. The number of Topliss-reactive ketones (excluding diaryl/α,β-unsaturated/α-hetero) is 1. The molecule has 8 N–H and O–H groups in total. The van der Waals surface area contributed by atoms with Gasteiger partial charge in [0, 0.05) is 18.9 Å². The van der Waals surface area contributed by atoms with Crippen LogP contribution in [0.1, 0.15) is 98.8 Å². The quantitative estimate of drug-likeness (QED) is 0.150. The lowest BCUT2D eigenvalue weighted by Crippen LogP contribution is -2.64. The van der Waals surface area contributed by atoms with E-state index >= 15 is 0 Å². The van der Waals surface area contributed by atoms with Crippen LogP contribution in [0.5, 0.6) is 0 Å². The SMILES string of the molecule is C[C@@H](CO)CCC(=O)[C@@H](C)C1C[C@@H](O[C@@H]2O[C@H](CO)[C@@H](O)[C@H](O)[C@H]2O[C@@H]2O[C@@H](C)[C@H](O)[C@@H](O)[C@H]2O)[C@H]2[C@@H]3CC[C@H]4C[C@@H](O)CC[C@]4(C)[C@H]3CC[C@]12C. The van der Waals surface area contributed by atoms with Gasteiger partial charge in [-0.2, -0.15) is 0 Å². The van der Waals surface area contributed by atoms with Gasteiger partial charge in [-0.3, -0.25) is 4.79 Å². The fraction of sp³-hybridized carbons (Fsp3) is 0.974. The second-order valence-electron chi connectivity index (χ2n) is 18.1. The lowest BCUT2D eigenvalue weighted by molar-refractivity contribution is -0.371. The monoisotopic (exact) mass is 742 g/mol. The van der Waals surface area contributed by atoms with Crippen molar-refractivity contribution in [3.8, 4) is 0 Å². The third-order valence-corrected chi connectivity index (χ3v) is 15.2. The Morgan fingerprint density at radius 3 is 2.21 bits per heavy atom. The number of aliphatic hydroxyl groups is 8. The maximum absolute atomic E-state index is 13.8. The molecule has 0 radical (unpaired) electrons. The summed E-state index contributed by atoms with van der Waals surface area (Å²) >= 11 is 0. The normalized spacial score (nSPS) is 51.9. The van der Waals surface area contributed by atoms with E-state index in [1.165, 1.54) is 6.92 Å². The van der Waals surface area contributed by atoms with Crippen molar-refractivity contribution in [1.29, 1.82) is 0 Å². The average Bonchev–Trinajstić information content (AvgIpc) is 3.42. The summed E-state index contributed by atoms with van der Waals surface area (Å²) < 4.78 is 24.9. The van der Waals surface area contributed by atoms with Gasteiger partial charge in [0.1, 0.15) is 48.5 Å². The van der Waals surface area contributed by atoms with Gasteiger partial charge < -0.3 is 59.8 Å². The first kappa shape index (κ1) is 40.8. The van der Waals surface area contributed by atoms with Crippen molar-refractivity contribution in [2.75, 3.05) is 13.2 Å². The minimum absolute atomic E-state index is 0.0156. The molecule has 0 spiro atoms. The highest BCUT2D eigenvalue weighted by Gasteiger charge is 2.65. The molecule has 21 atom stereocenters. The summed E-state index contributed by atoms with van der Waals surface area (Å²) in [5, 5.41) is 84.2. The van der Waals surface area contributed by atoms with Crippen molar-refractivity contribution in [2.24, 2.45) is 52.3 Å². The molecule has 0 amide bonds. The third kappa shape index (κ3) is 7.29. The van der Waals surface area contributed by atoms with Crippen molar-refractivity contribution in [1.82, 2.24) is 0 Å². The summed E-state index contributed by atoms with van der Waals surface area (Å²) in [4.78, 5) is 13.8. The molecule has 0 aromatic heterocycles. The molecule has 1 unspecified atom stereocenters. The van der Waals surface area contributed by atoms with Crippen molar-refractivity contribution in [3.05, 3.63) is 0 Å². The van der Waals surface area contributed by atoms with Crippen molar-refractivity contribution in [3.63, 3.8) is 0 Å². The Morgan fingerprint density at radius 2 is 1.52 bits per heavy atom. The second kappa shape index (κ2) is 16.0. The van der Waals surface area contributed by atoms with Gasteiger partial charge >= 0.3 is 0 Å². The predicted octanol–water partition coefficient (Wildman–Crippen LogP) is 1.27. The van der Waals surface area contributed by atoms with Gasteiger partial charge in [-0.1, -0.05) is 27.7 Å².